The van der Waals surface area contributed by atoms with Crippen LogP contribution in [0.25, 0.3) is 0 Å². The Morgan fingerprint density at radius 2 is 2.06 bits per heavy atom. The van der Waals surface area contributed by atoms with E-state index in [1.165, 1.54) is 0 Å². The Bertz CT molecular complexity index is 546. The number of nitrogens with two attached hydrogens (primary N) is 1. The molecule has 0 aliphatic carbocycles. The summed E-state index contributed by atoms with van der Waals surface area (Å²) in [5.74, 6) is 2.05. The zero-order valence-electron chi connectivity index (χ0n) is 9.89. The van der Waals surface area contributed by atoms with Gasteiger partial charge in [0.25, 0.3) is 0 Å². The Labute approximate surface area is 114 Å². The van der Waals surface area contributed by atoms with E-state index in [0.29, 0.717) is 18.0 Å². The molecule has 0 saturated heterocycles. The van der Waals surface area contributed by atoms with Gasteiger partial charge in [-0.2, -0.15) is 0 Å². The van der Waals surface area contributed by atoms with E-state index in [4.69, 9.17) is 15.2 Å². The van der Waals surface area contributed by atoms with Gasteiger partial charge < -0.3 is 15.2 Å². The summed E-state index contributed by atoms with van der Waals surface area (Å²) in [5.41, 5.74) is 6.59. The minimum Gasteiger partial charge on any atom is -0.497 e. The second kappa shape index (κ2) is 5.84. The molecule has 0 aliphatic rings. The first kappa shape index (κ1) is 12.9. The van der Waals surface area contributed by atoms with Crippen LogP contribution in [0.1, 0.15) is 5.56 Å². The first-order chi connectivity index (χ1) is 8.72. The molecule has 1 aromatic carbocycles. The largest absolute Gasteiger partial charge is 0.497 e. The molecule has 0 fully saturated rings. The maximum absolute atomic E-state index is 5.77. The Balaban J connectivity index is 2.32. The third kappa shape index (κ3) is 3.00. The van der Waals surface area contributed by atoms with Crippen LogP contribution in [-0.4, -0.2) is 12.1 Å². The van der Waals surface area contributed by atoms with Crippen LogP contribution in [-0.2, 0) is 6.54 Å². The molecule has 0 bridgehead atoms. The SMILES string of the molecule is COc1ccc(CN)c(Oc2cncc(Br)c2)c1. The summed E-state index contributed by atoms with van der Waals surface area (Å²) in [4.78, 5) is 4.04. The van der Waals surface area contributed by atoms with Crippen molar-refractivity contribution in [1.82, 2.24) is 4.98 Å². The summed E-state index contributed by atoms with van der Waals surface area (Å²) in [6.45, 7) is 0.404. The van der Waals surface area contributed by atoms with Gasteiger partial charge >= 0.3 is 0 Å². The molecule has 0 amide bonds. The zero-order chi connectivity index (χ0) is 13.0. The van der Waals surface area contributed by atoms with Crippen LogP contribution < -0.4 is 15.2 Å². The van der Waals surface area contributed by atoms with Gasteiger partial charge in [-0.15, -0.1) is 0 Å². The highest BCUT2D eigenvalue weighted by Gasteiger charge is 2.06. The van der Waals surface area contributed by atoms with Crippen LogP contribution in [0.3, 0.4) is 0 Å². The average Bonchev–Trinajstić information content (AvgIpc) is 2.38. The molecule has 4 nitrogen and oxygen atoms in total. The predicted molar refractivity (Wildman–Crippen MR) is 72.9 cm³/mol. The molecule has 0 saturated carbocycles. The number of ether oxygens (including phenoxy) is 2. The summed E-state index contributed by atoms with van der Waals surface area (Å²) >= 11 is 3.35. The van der Waals surface area contributed by atoms with Crippen LogP contribution in [0.15, 0.2) is 41.1 Å². The summed E-state index contributed by atoms with van der Waals surface area (Å²) < 4.78 is 11.8. The molecule has 94 valence electrons. The summed E-state index contributed by atoms with van der Waals surface area (Å²) in [7, 11) is 1.61. The summed E-state index contributed by atoms with van der Waals surface area (Å²) in [6.07, 6.45) is 3.34. The number of halogens is 1. The third-order valence-corrected chi connectivity index (χ3v) is 2.84. The van der Waals surface area contributed by atoms with E-state index >= 15 is 0 Å². The Kier molecular flexibility index (Phi) is 4.17. The van der Waals surface area contributed by atoms with E-state index in [1.54, 1.807) is 19.5 Å². The van der Waals surface area contributed by atoms with Crippen molar-refractivity contribution in [1.29, 1.82) is 0 Å². The van der Waals surface area contributed by atoms with Gasteiger partial charge in [0.2, 0.25) is 0 Å². The van der Waals surface area contributed by atoms with E-state index in [2.05, 4.69) is 20.9 Å². The molecule has 1 aromatic heterocycles. The predicted octanol–water partition coefficient (Wildman–Crippen LogP) is 3.10. The normalized spacial score (nSPS) is 10.2. The van der Waals surface area contributed by atoms with Crippen molar-refractivity contribution in [3.05, 3.63) is 46.7 Å². The number of nitrogens with zero attached hydrogens (tertiary/aromatic N) is 1. The van der Waals surface area contributed by atoms with Crippen molar-refractivity contribution < 1.29 is 9.47 Å². The topological polar surface area (TPSA) is 57.4 Å². The lowest BCUT2D eigenvalue weighted by molar-refractivity contribution is 0.408. The van der Waals surface area contributed by atoms with E-state index in [-0.39, 0.29) is 0 Å². The number of hydrogen-bond acceptors (Lipinski definition) is 4. The quantitative estimate of drug-likeness (QED) is 0.943. The van der Waals surface area contributed by atoms with Crippen LogP contribution >= 0.6 is 15.9 Å². The molecule has 2 aromatic rings. The fourth-order valence-corrected chi connectivity index (χ4v) is 1.84. The van der Waals surface area contributed by atoms with Gasteiger partial charge in [-0.1, -0.05) is 6.07 Å². The summed E-state index contributed by atoms with van der Waals surface area (Å²) in [6, 6.07) is 7.39. The van der Waals surface area contributed by atoms with Crippen LogP contribution in [0, 0.1) is 0 Å². The highest BCUT2D eigenvalue weighted by Crippen LogP contribution is 2.29. The van der Waals surface area contributed by atoms with E-state index < -0.39 is 0 Å². The molecule has 0 unspecified atom stereocenters. The molecule has 0 aliphatic heterocycles. The van der Waals surface area contributed by atoms with Crippen molar-refractivity contribution in [2.24, 2.45) is 5.73 Å². The van der Waals surface area contributed by atoms with E-state index in [9.17, 15) is 0 Å². The van der Waals surface area contributed by atoms with Crippen molar-refractivity contribution >= 4 is 15.9 Å². The zero-order valence-corrected chi connectivity index (χ0v) is 11.5. The minimum atomic E-state index is 0.404. The van der Waals surface area contributed by atoms with Crippen molar-refractivity contribution in [2.75, 3.05) is 7.11 Å². The van der Waals surface area contributed by atoms with Gasteiger partial charge in [-0.05, 0) is 28.1 Å². The Hall–Kier alpha value is -1.59. The van der Waals surface area contributed by atoms with Gasteiger partial charge in [-0.25, -0.2) is 0 Å². The highest BCUT2D eigenvalue weighted by atomic mass is 79.9. The fourth-order valence-electron chi connectivity index (χ4n) is 1.50. The van der Waals surface area contributed by atoms with E-state index in [1.807, 2.05) is 24.3 Å². The standard InChI is InChI=1S/C13H13BrN2O2/c1-17-11-3-2-9(6-15)13(5-11)18-12-4-10(14)7-16-8-12/h2-5,7-8H,6,15H2,1H3. The summed E-state index contributed by atoms with van der Waals surface area (Å²) in [5, 5.41) is 0. The molecular weight excluding hydrogens is 296 g/mol. The molecule has 2 rings (SSSR count). The van der Waals surface area contributed by atoms with E-state index in [0.717, 1.165) is 15.8 Å². The number of hydrogen-bond donors (Lipinski definition) is 1. The van der Waals surface area contributed by atoms with Gasteiger partial charge in [0.05, 0.1) is 13.3 Å². The maximum Gasteiger partial charge on any atom is 0.146 e. The number of rotatable bonds is 4. The Morgan fingerprint density at radius 3 is 2.72 bits per heavy atom. The lowest BCUT2D eigenvalue weighted by Crippen LogP contribution is -2.00. The number of aromatic nitrogens is 1. The van der Waals surface area contributed by atoms with Gasteiger partial charge in [0.1, 0.15) is 17.2 Å². The van der Waals surface area contributed by atoms with Gasteiger partial charge in [0, 0.05) is 28.8 Å². The monoisotopic (exact) mass is 308 g/mol. The highest BCUT2D eigenvalue weighted by molar-refractivity contribution is 9.10. The second-order valence-corrected chi connectivity index (χ2v) is 4.53. The maximum atomic E-state index is 5.77. The molecular formula is C13H13BrN2O2. The molecule has 2 N–H and O–H groups in total. The van der Waals surface area contributed by atoms with Crippen LogP contribution in [0.2, 0.25) is 0 Å². The van der Waals surface area contributed by atoms with Crippen molar-refractivity contribution in [3.63, 3.8) is 0 Å². The van der Waals surface area contributed by atoms with Gasteiger partial charge in [0.15, 0.2) is 0 Å². The molecule has 5 heteroatoms. The molecule has 1 heterocycles. The van der Waals surface area contributed by atoms with Crippen LogP contribution in [0.5, 0.6) is 17.2 Å². The first-order valence-electron chi connectivity index (χ1n) is 5.38. The average molecular weight is 309 g/mol. The number of methoxy groups -OCH3 is 1. The molecule has 0 spiro atoms. The smallest absolute Gasteiger partial charge is 0.146 e. The lowest BCUT2D eigenvalue weighted by atomic mass is 10.2. The van der Waals surface area contributed by atoms with Crippen LogP contribution in [0.4, 0.5) is 0 Å². The minimum absolute atomic E-state index is 0.404. The molecule has 18 heavy (non-hydrogen) atoms. The number of benzene rings is 1. The molecule has 0 atom stereocenters. The first-order valence-corrected chi connectivity index (χ1v) is 6.17. The number of pyridine rings is 1. The second-order valence-electron chi connectivity index (χ2n) is 3.62. The van der Waals surface area contributed by atoms with Crippen molar-refractivity contribution in [2.45, 2.75) is 6.54 Å². The lowest BCUT2D eigenvalue weighted by Gasteiger charge is -2.11. The van der Waals surface area contributed by atoms with Crippen molar-refractivity contribution in [3.8, 4) is 17.2 Å². The van der Waals surface area contributed by atoms with Gasteiger partial charge in [-0.3, -0.25) is 4.98 Å². The Morgan fingerprint density at radius 1 is 1.22 bits per heavy atom. The molecule has 0 radical (unpaired) electrons. The fraction of sp³-hybridized carbons (Fsp3) is 0.154. The third-order valence-electron chi connectivity index (χ3n) is 2.40.